The normalized spacial score (nSPS) is 12.4. The second-order valence-corrected chi connectivity index (χ2v) is 19.8. The topological polar surface area (TPSA) is 42.2 Å². The molecule has 0 bridgehead atoms. The van der Waals surface area contributed by atoms with Crippen LogP contribution in [0.4, 0.5) is 0 Å². The first kappa shape index (κ1) is 33.1. The summed E-state index contributed by atoms with van der Waals surface area (Å²) >= 11 is 0. The van der Waals surface area contributed by atoms with Crippen LogP contribution in [0.2, 0.25) is 0 Å². The van der Waals surface area contributed by atoms with Gasteiger partial charge in [0.2, 0.25) is 0 Å². The summed E-state index contributed by atoms with van der Waals surface area (Å²) in [4.78, 5) is 13.5. The Morgan fingerprint density at radius 1 is 0.451 bits per heavy atom. The zero-order chi connectivity index (χ0) is 35.3. The number of nitrogens with zero attached hydrogens (tertiary/aromatic N) is 1. The van der Waals surface area contributed by atoms with Crippen LogP contribution in [-0.4, -0.2) is 9.46 Å². The van der Waals surface area contributed by atoms with Gasteiger partial charge in [-0.1, -0.05) is 0 Å². The van der Waals surface area contributed by atoms with Crippen molar-refractivity contribution in [2.24, 2.45) is 0 Å². The Kier molecular flexibility index (Phi) is 8.40. The number of fused-ring (bicyclic) bond motifs is 3. The molecule has 0 aliphatic rings. The second-order valence-electron chi connectivity index (χ2n) is 13.8. The van der Waals surface area contributed by atoms with E-state index in [-0.39, 0.29) is 0 Å². The van der Waals surface area contributed by atoms with Gasteiger partial charge in [-0.25, -0.2) is 0 Å². The van der Waals surface area contributed by atoms with E-state index in [0.717, 1.165) is 76.3 Å². The van der Waals surface area contributed by atoms with Gasteiger partial charge in [0.15, 0.2) is 0 Å². The first-order valence-corrected chi connectivity index (χ1v) is 21.1. The van der Waals surface area contributed by atoms with Gasteiger partial charge in [-0.05, 0) is 0 Å². The van der Waals surface area contributed by atoms with E-state index in [1.54, 1.807) is 0 Å². The van der Waals surface area contributed by atoms with E-state index >= 15 is 4.57 Å². The fourth-order valence-electron chi connectivity index (χ4n) is 7.36. The third-order valence-corrected chi connectivity index (χ3v) is 16.8. The monoisotopic (exact) mass is 701 g/mol. The van der Waals surface area contributed by atoms with Gasteiger partial charge < -0.3 is 0 Å². The van der Waals surface area contributed by atoms with Crippen molar-refractivity contribution in [1.29, 1.82) is 0 Å². The Morgan fingerprint density at radius 3 is 1.27 bits per heavy atom. The zero-order valence-corrected chi connectivity index (χ0v) is 31.2. The van der Waals surface area contributed by atoms with Gasteiger partial charge in [0.25, 0.3) is 0 Å². The molecule has 0 aliphatic carbocycles. The van der Waals surface area contributed by atoms with Gasteiger partial charge in [-0.2, -0.15) is 0 Å². The molecule has 51 heavy (non-hydrogen) atoms. The summed E-state index contributed by atoms with van der Waals surface area (Å²) in [5, 5.41) is 7.04. The molecule has 5 heteroatoms. The van der Waals surface area contributed by atoms with Crippen molar-refractivity contribution in [3.05, 3.63) is 186 Å². The molecule has 0 radical (unpaired) electrons. The van der Waals surface area contributed by atoms with E-state index in [0.29, 0.717) is 5.30 Å². The SMILES string of the molecule is Cc1ccc(P(=O)(c2ccc(C)cc2)c2cc(-n3c4ccccc4c4ccccc43)cc([PH](O)(c3ccc(C)cc3)c3ccc(C)cc3)c2)cc1. The minimum absolute atomic E-state index is 0.690. The Morgan fingerprint density at radius 2 is 0.843 bits per heavy atom. The Balaban J connectivity index is 1.52. The van der Waals surface area contributed by atoms with Gasteiger partial charge in [0, 0.05) is 0 Å². The van der Waals surface area contributed by atoms with Gasteiger partial charge in [0.1, 0.15) is 0 Å². The number of rotatable bonds is 7. The number of benzene rings is 7. The Labute approximate surface area is 300 Å². The quantitative estimate of drug-likeness (QED) is 0.169. The number of para-hydroxylation sites is 2. The summed E-state index contributed by atoms with van der Waals surface area (Å²) in [5.41, 5.74) is 7.44. The molecule has 8 rings (SSSR count). The minimum atomic E-state index is -3.67. The van der Waals surface area contributed by atoms with E-state index in [4.69, 9.17) is 0 Å². The summed E-state index contributed by atoms with van der Waals surface area (Å²) in [6.07, 6.45) is 0. The van der Waals surface area contributed by atoms with E-state index in [9.17, 15) is 4.89 Å². The van der Waals surface area contributed by atoms with Crippen LogP contribution < -0.4 is 31.8 Å². The van der Waals surface area contributed by atoms with Crippen molar-refractivity contribution >= 4 is 68.3 Å². The van der Waals surface area contributed by atoms with Gasteiger partial charge in [0.05, 0.1) is 0 Å². The van der Waals surface area contributed by atoms with Crippen molar-refractivity contribution in [2.45, 2.75) is 27.7 Å². The third kappa shape index (κ3) is 5.67. The molecule has 0 atom stereocenters. The molecule has 3 nitrogen and oxygen atoms in total. The van der Waals surface area contributed by atoms with Gasteiger partial charge >= 0.3 is 302 Å². The summed E-state index contributed by atoms with van der Waals surface area (Å²) in [7, 11) is -7.13. The molecule has 0 amide bonds. The summed E-state index contributed by atoms with van der Waals surface area (Å²) < 4.78 is 18.5. The zero-order valence-electron chi connectivity index (χ0n) is 29.3. The Hall–Kier alpha value is -5.04. The molecule has 0 saturated heterocycles. The van der Waals surface area contributed by atoms with Gasteiger partial charge in [-0.3, -0.25) is 0 Å². The first-order valence-electron chi connectivity index (χ1n) is 17.4. The molecule has 8 aromatic rings. The third-order valence-electron chi connectivity index (χ3n) is 10.3. The molecule has 1 aromatic heterocycles. The fraction of sp³-hybridized carbons (Fsp3) is 0.0870. The number of aryl methyl sites for hydroxylation is 4. The van der Waals surface area contributed by atoms with Crippen LogP contribution in [0, 0.1) is 27.7 Å². The van der Waals surface area contributed by atoms with Crippen LogP contribution in [0.15, 0.2) is 164 Å². The average molecular weight is 702 g/mol. The number of hydrogen-bond donors (Lipinski definition) is 1. The molecule has 0 aliphatic heterocycles. The van der Waals surface area contributed by atoms with Gasteiger partial charge in [-0.15, -0.1) is 0 Å². The molecule has 1 N–H and O–H groups in total. The molecule has 252 valence electrons. The summed E-state index contributed by atoms with van der Waals surface area (Å²) in [6.45, 7) is 8.24. The molecule has 7 aromatic carbocycles. The summed E-state index contributed by atoms with van der Waals surface area (Å²) in [5.74, 6) is 0. The van der Waals surface area contributed by atoms with Crippen molar-refractivity contribution in [1.82, 2.24) is 4.57 Å². The molecular weight excluding hydrogens is 660 g/mol. The standard InChI is InChI=1S/C46H41NO2P2/c1-32-13-21-37(22-14-32)50(48,38-23-15-33(2)16-24-38)41-29-36(47-45-11-7-5-9-43(45)44-10-6-8-12-46(44)47)30-42(31-41)51(49,39-25-17-34(3)18-26-39)40-27-19-35(4)20-28-40/h5-31,48,50H,1-4H3. The van der Waals surface area contributed by atoms with Crippen LogP contribution in [0.1, 0.15) is 22.3 Å². The molecular formula is C46H41NO2P2. The maximum atomic E-state index is 16.3. The predicted molar refractivity (Wildman–Crippen MR) is 221 cm³/mol. The average Bonchev–Trinajstić information content (AvgIpc) is 3.49. The van der Waals surface area contributed by atoms with Crippen LogP contribution >= 0.6 is 14.6 Å². The van der Waals surface area contributed by atoms with E-state index in [2.05, 4.69) is 141 Å². The van der Waals surface area contributed by atoms with Crippen molar-refractivity contribution in [2.75, 3.05) is 0 Å². The van der Waals surface area contributed by atoms with Crippen LogP contribution in [0.3, 0.4) is 0 Å². The fourth-order valence-corrected chi connectivity index (χ4v) is 13.2. The van der Waals surface area contributed by atoms with E-state index in [1.807, 2.05) is 54.6 Å². The van der Waals surface area contributed by atoms with Crippen molar-refractivity contribution < 1.29 is 9.46 Å². The van der Waals surface area contributed by atoms with Crippen LogP contribution in [0.25, 0.3) is 27.5 Å². The molecule has 0 saturated carbocycles. The van der Waals surface area contributed by atoms with Crippen LogP contribution in [0.5, 0.6) is 0 Å². The number of hydrogen-bond acceptors (Lipinski definition) is 2. The molecule has 0 unspecified atom stereocenters. The predicted octanol–water partition coefficient (Wildman–Crippen LogP) is 8.59. The van der Waals surface area contributed by atoms with Crippen LogP contribution in [-0.2, 0) is 4.57 Å². The first-order chi connectivity index (χ1) is 24.7. The second kappa shape index (κ2) is 12.9. The molecule has 0 spiro atoms. The maximum absolute atomic E-state index is 16.3. The van der Waals surface area contributed by atoms with Crippen molar-refractivity contribution in [3.63, 3.8) is 0 Å². The molecule has 0 fully saturated rings. The number of aromatic nitrogens is 1. The molecule has 1 heterocycles. The summed E-state index contributed by atoms with van der Waals surface area (Å²) in [6, 6.07) is 55.9. The Bertz CT molecular complexity index is 2440. The van der Waals surface area contributed by atoms with E-state index < -0.39 is 14.6 Å². The van der Waals surface area contributed by atoms with Crippen molar-refractivity contribution in [3.8, 4) is 5.69 Å². The van der Waals surface area contributed by atoms with E-state index in [1.165, 1.54) is 0 Å².